The first kappa shape index (κ1) is 16.4. The molecule has 128 valence electrons. The average molecular weight is 341 g/mol. The molecule has 0 saturated carbocycles. The summed E-state index contributed by atoms with van der Waals surface area (Å²) in [7, 11) is 0. The zero-order valence-electron chi connectivity index (χ0n) is 13.4. The van der Waals surface area contributed by atoms with Crippen LogP contribution in [0.3, 0.4) is 0 Å². The van der Waals surface area contributed by atoms with Gasteiger partial charge in [-0.2, -0.15) is 0 Å². The van der Waals surface area contributed by atoms with Crippen molar-refractivity contribution in [3.8, 4) is 0 Å². The Morgan fingerprint density at radius 1 is 1.12 bits per heavy atom. The zero-order chi connectivity index (χ0) is 18.0. The van der Waals surface area contributed by atoms with Crippen molar-refractivity contribution in [2.75, 3.05) is 11.9 Å². The van der Waals surface area contributed by atoms with Crippen LogP contribution >= 0.6 is 0 Å². The SMILES string of the molecule is Cc1nc2ccccc2n1CCNc1ccc([N+](=O)[O-])cc1[N+](=O)[O-]. The highest BCUT2D eigenvalue weighted by molar-refractivity contribution is 5.75. The van der Waals surface area contributed by atoms with E-state index in [4.69, 9.17) is 0 Å². The molecule has 1 aromatic heterocycles. The molecule has 0 aliphatic heterocycles. The van der Waals surface area contributed by atoms with E-state index in [0.29, 0.717) is 13.1 Å². The summed E-state index contributed by atoms with van der Waals surface area (Å²) in [5, 5.41) is 24.9. The number of hydrogen-bond acceptors (Lipinski definition) is 6. The number of nitrogens with one attached hydrogen (secondary N) is 1. The molecule has 9 heteroatoms. The molecule has 0 atom stereocenters. The molecule has 0 radical (unpaired) electrons. The monoisotopic (exact) mass is 341 g/mol. The van der Waals surface area contributed by atoms with Crippen molar-refractivity contribution >= 4 is 28.1 Å². The molecule has 25 heavy (non-hydrogen) atoms. The summed E-state index contributed by atoms with van der Waals surface area (Å²) < 4.78 is 2.01. The molecular weight excluding hydrogens is 326 g/mol. The van der Waals surface area contributed by atoms with Gasteiger partial charge in [0, 0.05) is 19.2 Å². The van der Waals surface area contributed by atoms with Crippen molar-refractivity contribution in [1.29, 1.82) is 0 Å². The van der Waals surface area contributed by atoms with Crippen LogP contribution in [0, 0.1) is 27.2 Å². The van der Waals surface area contributed by atoms with E-state index >= 15 is 0 Å². The Balaban J connectivity index is 1.78. The molecule has 3 aromatic rings. The molecule has 0 aliphatic rings. The van der Waals surface area contributed by atoms with Crippen LogP contribution in [0.15, 0.2) is 42.5 Å². The Labute approximate surface area is 142 Å². The second-order valence-electron chi connectivity index (χ2n) is 5.44. The first-order chi connectivity index (χ1) is 12.0. The average Bonchev–Trinajstić information content (AvgIpc) is 2.90. The fraction of sp³-hybridized carbons (Fsp3) is 0.188. The summed E-state index contributed by atoms with van der Waals surface area (Å²) in [6, 6.07) is 11.3. The van der Waals surface area contributed by atoms with Crippen molar-refractivity contribution in [2.45, 2.75) is 13.5 Å². The molecule has 1 N–H and O–H groups in total. The van der Waals surface area contributed by atoms with Gasteiger partial charge in [0.2, 0.25) is 0 Å². The summed E-state index contributed by atoms with van der Waals surface area (Å²) in [5.74, 6) is 0.848. The normalized spacial score (nSPS) is 10.8. The molecule has 0 fully saturated rings. The number of nitro benzene ring substituents is 2. The number of anilines is 1. The van der Waals surface area contributed by atoms with Crippen molar-refractivity contribution in [3.63, 3.8) is 0 Å². The topological polar surface area (TPSA) is 116 Å². The predicted molar refractivity (Wildman–Crippen MR) is 92.7 cm³/mol. The Morgan fingerprint density at radius 3 is 2.60 bits per heavy atom. The van der Waals surface area contributed by atoms with Crippen LogP contribution in [-0.4, -0.2) is 25.9 Å². The molecule has 3 rings (SSSR count). The third-order valence-electron chi connectivity index (χ3n) is 3.89. The zero-order valence-corrected chi connectivity index (χ0v) is 13.4. The van der Waals surface area contributed by atoms with Crippen LogP contribution in [0.4, 0.5) is 17.1 Å². The summed E-state index contributed by atoms with van der Waals surface area (Å²) in [4.78, 5) is 25.1. The van der Waals surface area contributed by atoms with E-state index in [1.54, 1.807) is 0 Å². The Kier molecular flexibility index (Phi) is 4.29. The predicted octanol–water partition coefficient (Wildman–Crippen LogP) is 3.27. The summed E-state index contributed by atoms with van der Waals surface area (Å²) >= 11 is 0. The smallest absolute Gasteiger partial charge is 0.299 e. The Bertz CT molecular complexity index is 966. The summed E-state index contributed by atoms with van der Waals surface area (Å²) in [6.45, 7) is 2.87. The minimum atomic E-state index is -0.655. The second kappa shape index (κ2) is 6.56. The van der Waals surface area contributed by atoms with Gasteiger partial charge in [-0.1, -0.05) is 12.1 Å². The van der Waals surface area contributed by atoms with Gasteiger partial charge in [-0.25, -0.2) is 4.98 Å². The molecule has 2 aromatic carbocycles. The molecule has 0 saturated heterocycles. The Hall–Kier alpha value is -3.49. The van der Waals surface area contributed by atoms with E-state index in [2.05, 4.69) is 10.3 Å². The third-order valence-corrected chi connectivity index (χ3v) is 3.89. The lowest BCUT2D eigenvalue weighted by atomic mass is 10.2. The van der Waals surface area contributed by atoms with Crippen molar-refractivity contribution in [3.05, 3.63) is 68.5 Å². The maximum atomic E-state index is 11.1. The van der Waals surface area contributed by atoms with E-state index in [0.717, 1.165) is 22.9 Å². The molecule has 0 unspecified atom stereocenters. The number of nitrogens with zero attached hydrogens (tertiary/aromatic N) is 4. The highest BCUT2D eigenvalue weighted by Crippen LogP contribution is 2.28. The van der Waals surface area contributed by atoms with Crippen molar-refractivity contribution in [1.82, 2.24) is 9.55 Å². The van der Waals surface area contributed by atoms with Crippen LogP contribution in [0.25, 0.3) is 11.0 Å². The Morgan fingerprint density at radius 2 is 1.88 bits per heavy atom. The number of hydrogen-bond donors (Lipinski definition) is 1. The maximum absolute atomic E-state index is 11.1. The van der Waals surface area contributed by atoms with Gasteiger partial charge in [-0.3, -0.25) is 20.2 Å². The van der Waals surface area contributed by atoms with Crippen LogP contribution in [0.1, 0.15) is 5.82 Å². The second-order valence-corrected chi connectivity index (χ2v) is 5.44. The highest BCUT2D eigenvalue weighted by atomic mass is 16.6. The maximum Gasteiger partial charge on any atom is 0.299 e. The van der Waals surface area contributed by atoms with Crippen molar-refractivity contribution in [2.24, 2.45) is 0 Å². The molecule has 1 heterocycles. The van der Waals surface area contributed by atoms with Gasteiger partial charge in [0.1, 0.15) is 11.5 Å². The molecule has 0 amide bonds. The molecule has 0 bridgehead atoms. The number of non-ortho nitro benzene ring substituents is 1. The van der Waals surface area contributed by atoms with Crippen LogP contribution in [0.5, 0.6) is 0 Å². The van der Waals surface area contributed by atoms with Gasteiger partial charge >= 0.3 is 0 Å². The molecule has 9 nitrogen and oxygen atoms in total. The van der Waals surface area contributed by atoms with Gasteiger partial charge < -0.3 is 9.88 Å². The first-order valence-electron chi connectivity index (χ1n) is 7.56. The van der Waals surface area contributed by atoms with Gasteiger partial charge in [-0.05, 0) is 25.1 Å². The number of rotatable bonds is 6. The van der Waals surface area contributed by atoms with E-state index in [1.807, 2.05) is 35.8 Å². The standard InChI is InChI=1S/C16H15N5O4/c1-11-18-14-4-2-3-5-15(14)19(11)9-8-17-13-7-6-12(20(22)23)10-16(13)21(24)25/h2-7,10,17H,8-9H2,1H3. The lowest BCUT2D eigenvalue weighted by Gasteiger charge is -2.10. The van der Waals surface area contributed by atoms with E-state index in [1.165, 1.54) is 12.1 Å². The quantitative estimate of drug-likeness (QED) is 0.543. The number of para-hydroxylation sites is 2. The number of aryl methyl sites for hydroxylation is 1. The van der Waals surface area contributed by atoms with Gasteiger partial charge in [0.15, 0.2) is 0 Å². The van der Waals surface area contributed by atoms with Crippen LogP contribution in [0.2, 0.25) is 0 Å². The number of fused-ring (bicyclic) bond motifs is 1. The minimum absolute atomic E-state index is 0.248. The van der Waals surface area contributed by atoms with Crippen LogP contribution < -0.4 is 5.32 Å². The number of nitro groups is 2. The van der Waals surface area contributed by atoms with E-state index < -0.39 is 9.85 Å². The fourth-order valence-corrected chi connectivity index (χ4v) is 2.71. The molecular formula is C16H15N5O4. The van der Waals surface area contributed by atoms with E-state index in [9.17, 15) is 20.2 Å². The molecule has 0 aliphatic carbocycles. The minimum Gasteiger partial charge on any atom is -0.378 e. The number of imidazole rings is 1. The lowest BCUT2D eigenvalue weighted by Crippen LogP contribution is -2.12. The largest absolute Gasteiger partial charge is 0.378 e. The van der Waals surface area contributed by atoms with Crippen molar-refractivity contribution < 1.29 is 9.85 Å². The number of aromatic nitrogens is 2. The van der Waals surface area contributed by atoms with E-state index in [-0.39, 0.29) is 17.1 Å². The first-order valence-corrected chi connectivity index (χ1v) is 7.56. The molecule has 0 spiro atoms. The highest BCUT2D eigenvalue weighted by Gasteiger charge is 2.19. The summed E-state index contributed by atoms with van der Waals surface area (Å²) in [5.41, 5.74) is 1.49. The van der Waals surface area contributed by atoms with Crippen LogP contribution in [-0.2, 0) is 6.54 Å². The fourth-order valence-electron chi connectivity index (χ4n) is 2.71. The number of benzene rings is 2. The van der Waals surface area contributed by atoms with Gasteiger partial charge in [0.25, 0.3) is 11.4 Å². The van der Waals surface area contributed by atoms with Gasteiger partial charge in [-0.15, -0.1) is 0 Å². The third kappa shape index (κ3) is 3.25. The lowest BCUT2D eigenvalue weighted by molar-refractivity contribution is -0.393. The summed E-state index contributed by atoms with van der Waals surface area (Å²) in [6.07, 6.45) is 0. The van der Waals surface area contributed by atoms with Gasteiger partial charge in [0.05, 0.1) is 26.9 Å².